The maximum atomic E-state index is 11.7. The van der Waals surface area contributed by atoms with E-state index in [1.54, 1.807) is 12.1 Å². The van der Waals surface area contributed by atoms with Gasteiger partial charge in [0.15, 0.2) is 4.77 Å². The molecule has 0 aliphatic carbocycles. The minimum absolute atomic E-state index is 0.0394. The monoisotopic (exact) mass is 279 g/mol. The van der Waals surface area contributed by atoms with Crippen molar-refractivity contribution in [3.63, 3.8) is 0 Å². The molecular formula is C11H9N3O2S2. The first-order valence-electron chi connectivity index (χ1n) is 5.00. The van der Waals surface area contributed by atoms with Crippen LogP contribution in [0.5, 0.6) is 5.88 Å². The van der Waals surface area contributed by atoms with Crippen molar-refractivity contribution in [3.05, 3.63) is 51.0 Å². The number of aromatic hydroxyl groups is 1. The first kappa shape index (κ1) is 12.5. The zero-order valence-corrected chi connectivity index (χ0v) is 10.7. The summed E-state index contributed by atoms with van der Waals surface area (Å²) in [6.07, 6.45) is 0. The van der Waals surface area contributed by atoms with Crippen LogP contribution in [-0.2, 0) is 0 Å². The van der Waals surface area contributed by atoms with Crippen LogP contribution >= 0.6 is 24.4 Å². The van der Waals surface area contributed by atoms with Gasteiger partial charge in [0.05, 0.1) is 0 Å². The Kier molecular flexibility index (Phi) is 3.54. The molecule has 0 amide bonds. The normalized spacial score (nSPS) is 10.0. The molecule has 0 saturated carbocycles. The number of H-pyrrole nitrogens is 2. The van der Waals surface area contributed by atoms with E-state index in [0.29, 0.717) is 0 Å². The number of para-hydroxylation sites is 1. The van der Waals surface area contributed by atoms with Crippen molar-refractivity contribution in [1.82, 2.24) is 9.97 Å². The molecule has 0 spiro atoms. The molecule has 0 aliphatic rings. The zero-order chi connectivity index (χ0) is 13.1. The summed E-state index contributed by atoms with van der Waals surface area (Å²) in [5, 5.41) is 12.5. The lowest BCUT2D eigenvalue weighted by Crippen LogP contribution is -2.23. The molecule has 2 rings (SSSR count). The van der Waals surface area contributed by atoms with E-state index in [9.17, 15) is 9.90 Å². The summed E-state index contributed by atoms with van der Waals surface area (Å²) in [6.45, 7) is 0. The Bertz CT molecular complexity index is 691. The molecule has 1 heterocycles. The number of nitrogens with one attached hydrogen (secondary N) is 3. The van der Waals surface area contributed by atoms with E-state index in [1.165, 1.54) is 0 Å². The smallest absolute Gasteiger partial charge is 0.265 e. The summed E-state index contributed by atoms with van der Waals surface area (Å²) in [5.74, 6) is -0.350. The summed E-state index contributed by atoms with van der Waals surface area (Å²) >= 11 is 9.80. The van der Waals surface area contributed by atoms with E-state index >= 15 is 0 Å². The zero-order valence-electron chi connectivity index (χ0n) is 9.06. The molecule has 0 fully saturated rings. The van der Waals surface area contributed by atoms with Crippen LogP contribution in [0.2, 0.25) is 0 Å². The molecule has 0 saturated heterocycles. The highest BCUT2D eigenvalue weighted by Gasteiger charge is 2.13. The lowest BCUT2D eigenvalue weighted by atomic mass is 10.2. The second kappa shape index (κ2) is 5.11. The Balaban J connectivity index is 2.36. The van der Waals surface area contributed by atoms with Crippen molar-refractivity contribution in [2.45, 2.75) is 0 Å². The third kappa shape index (κ3) is 2.63. The van der Waals surface area contributed by atoms with E-state index in [4.69, 9.17) is 24.4 Å². The molecule has 7 heteroatoms. The maximum Gasteiger partial charge on any atom is 0.265 e. The van der Waals surface area contributed by atoms with Gasteiger partial charge < -0.3 is 15.4 Å². The Morgan fingerprint density at radius 3 is 2.50 bits per heavy atom. The van der Waals surface area contributed by atoms with Gasteiger partial charge in [-0.05, 0) is 24.4 Å². The van der Waals surface area contributed by atoms with Crippen molar-refractivity contribution in [2.75, 3.05) is 5.32 Å². The molecule has 0 radical (unpaired) electrons. The highest BCUT2D eigenvalue weighted by Crippen LogP contribution is 2.12. The topological polar surface area (TPSA) is 80.9 Å². The second-order valence-electron chi connectivity index (χ2n) is 3.45. The average Bonchev–Trinajstić information content (AvgIpc) is 2.28. The van der Waals surface area contributed by atoms with Gasteiger partial charge in [-0.2, -0.15) is 0 Å². The van der Waals surface area contributed by atoms with Crippen LogP contribution in [0, 0.1) is 4.77 Å². The van der Waals surface area contributed by atoms with Crippen molar-refractivity contribution in [2.24, 2.45) is 0 Å². The Morgan fingerprint density at radius 1 is 1.22 bits per heavy atom. The van der Waals surface area contributed by atoms with Gasteiger partial charge in [-0.1, -0.05) is 30.4 Å². The molecular weight excluding hydrogens is 270 g/mol. The number of thiocarbonyl (C=S) groups is 1. The third-order valence-electron chi connectivity index (χ3n) is 2.18. The number of rotatable bonds is 2. The van der Waals surface area contributed by atoms with Crippen molar-refractivity contribution in [3.8, 4) is 5.88 Å². The van der Waals surface area contributed by atoms with E-state index in [2.05, 4.69) is 15.3 Å². The number of anilines is 1. The first-order valence-corrected chi connectivity index (χ1v) is 5.81. The highest BCUT2D eigenvalue weighted by atomic mass is 32.1. The Labute approximate surface area is 113 Å². The van der Waals surface area contributed by atoms with Crippen molar-refractivity contribution in [1.29, 1.82) is 0 Å². The standard InChI is InChI=1S/C11H9N3O2S2/c15-8-7(9(16)14-11(18)13-8)10(17)12-6-4-2-1-3-5-6/h1-5H,(H,12,17)(H3,13,14,15,16,18). The van der Waals surface area contributed by atoms with Gasteiger partial charge in [0.2, 0.25) is 5.88 Å². The van der Waals surface area contributed by atoms with E-state index in [0.717, 1.165) is 5.69 Å². The molecule has 2 aromatic rings. The lowest BCUT2D eigenvalue weighted by Gasteiger charge is -2.08. The van der Waals surface area contributed by atoms with Crippen LogP contribution in [0.15, 0.2) is 35.1 Å². The Morgan fingerprint density at radius 2 is 1.89 bits per heavy atom. The van der Waals surface area contributed by atoms with Crippen molar-refractivity contribution >= 4 is 35.1 Å². The highest BCUT2D eigenvalue weighted by molar-refractivity contribution is 7.81. The minimum Gasteiger partial charge on any atom is -0.494 e. The second-order valence-corrected chi connectivity index (χ2v) is 4.27. The predicted octanol–water partition coefficient (Wildman–Crippen LogP) is 1.93. The molecule has 0 unspecified atom stereocenters. The molecule has 0 atom stereocenters. The van der Waals surface area contributed by atoms with Gasteiger partial charge in [-0.3, -0.25) is 9.78 Å². The molecule has 1 aromatic carbocycles. The molecule has 92 valence electrons. The van der Waals surface area contributed by atoms with Crippen LogP contribution < -0.4 is 10.9 Å². The number of aromatic amines is 2. The SMILES string of the molecule is O=c1[nH]c(=S)[nH]c(O)c1C(=S)Nc1ccccc1. The maximum absolute atomic E-state index is 11.7. The fourth-order valence-corrected chi connectivity index (χ4v) is 1.90. The predicted molar refractivity (Wildman–Crippen MR) is 75.7 cm³/mol. The minimum atomic E-state index is -0.537. The fraction of sp³-hybridized carbons (Fsp3) is 0. The van der Waals surface area contributed by atoms with Crippen LogP contribution in [-0.4, -0.2) is 20.1 Å². The molecule has 18 heavy (non-hydrogen) atoms. The summed E-state index contributed by atoms with van der Waals surface area (Å²) in [6, 6.07) is 9.10. The van der Waals surface area contributed by atoms with E-state index in [-0.39, 0.29) is 21.2 Å². The van der Waals surface area contributed by atoms with Crippen molar-refractivity contribution < 1.29 is 5.11 Å². The lowest BCUT2D eigenvalue weighted by molar-refractivity contribution is 0.449. The summed E-state index contributed by atoms with van der Waals surface area (Å²) in [7, 11) is 0. The van der Waals surface area contributed by atoms with Gasteiger partial charge >= 0.3 is 0 Å². The molecule has 1 aromatic heterocycles. The van der Waals surface area contributed by atoms with Gasteiger partial charge in [-0.15, -0.1) is 0 Å². The van der Waals surface area contributed by atoms with Gasteiger partial charge in [0, 0.05) is 5.69 Å². The number of hydrogen-bond donors (Lipinski definition) is 4. The molecule has 4 N–H and O–H groups in total. The number of hydrogen-bond acceptors (Lipinski definition) is 4. The van der Waals surface area contributed by atoms with Crippen LogP contribution in [0.25, 0.3) is 0 Å². The van der Waals surface area contributed by atoms with E-state index in [1.807, 2.05) is 18.2 Å². The van der Waals surface area contributed by atoms with E-state index < -0.39 is 5.56 Å². The summed E-state index contributed by atoms with van der Waals surface area (Å²) in [5.41, 5.74) is 0.149. The van der Waals surface area contributed by atoms with Crippen LogP contribution in [0.4, 0.5) is 5.69 Å². The summed E-state index contributed by atoms with van der Waals surface area (Å²) in [4.78, 5) is 16.6. The number of aromatic nitrogens is 2. The fourth-order valence-electron chi connectivity index (χ4n) is 1.40. The molecule has 5 nitrogen and oxygen atoms in total. The van der Waals surface area contributed by atoms with Crippen LogP contribution in [0.1, 0.15) is 5.56 Å². The summed E-state index contributed by atoms with van der Waals surface area (Å²) < 4.78 is 0.0451. The van der Waals surface area contributed by atoms with Gasteiger partial charge in [0.1, 0.15) is 10.6 Å². The first-order chi connectivity index (χ1) is 8.58. The third-order valence-corrected chi connectivity index (χ3v) is 2.69. The average molecular weight is 279 g/mol. The Hall–Kier alpha value is -1.99. The van der Waals surface area contributed by atoms with Gasteiger partial charge in [0.25, 0.3) is 5.56 Å². The van der Waals surface area contributed by atoms with Gasteiger partial charge in [-0.25, -0.2) is 0 Å². The largest absolute Gasteiger partial charge is 0.494 e. The quantitative estimate of drug-likeness (QED) is 0.632. The molecule has 0 aliphatic heterocycles. The van der Waals surface area contributed by atoms with Crippen LogP contribution in [0.3, 0.4) is 0 Å². The number of benzene rings is 1. The molecule has 0 bridgehead atoms.